The lowest BCUT2D eigenvalue weighted by Crippen LogP contribution is -2.16. The number of thiol groups is 1. The van der Waals surface area contributed by atoms with Gasteiger partial charge in [-0.25, -0.2) is 4.39 Å². The molecule has 0 aliphatic rings. The summed E-state index contributed by atoms with van der Waals surface area (Å²) in [6, 6.07) is 12.6. The Labute approximate surface area is 164 Å². The number of hydrogen-bond acceptors (Lipinski definition) is 5. The number of nitrogens with zero attached hydrogens (tertiary/aromatic N) is 4. The first-order chi connectivity index (χ1) is 13.2. The van der Waals surface area contributed by atoms with Crippen molar-refractivity contribution >= 4 is 18.9 Å². The van der Waals surface area contributed by atoms with Crippen LogP contribution in [0.1, 0.15) is 11.4 Å². The van der Waals surface area contributed by atoms with Crippen molar-refractivity contribution in [2.24, 2.45) is 0 Å². The highest BCUT2D eigenvalue weighted by atomic mass is 32.1. The fourth-order valence-electron chi connectivity index (χ4n) is 2.58. The second-order valence-electron chi connectivity index (χ2n) is 5.95. The molecule has 3 aromatic rings. The molecule has 2 aromatic carbocycles. The molecule has 0 aliphatic carbocycles. The third kappa shape index (κ3) is 4.45. The van der Waals surface area contributed by atoms with Crippen molar-refractivity contribution in [1.82, 2.24) is 14.8 Å². The Hall–Kier alpha value is -2.59. The first-order valence-corrected chi connectivity index (χ1v) is 8.27. The Morgan fingerprint density at radius 1 is 1.14 bits per heavy atom. The molecular weight excluding hydrogens is 396 g/mol. The van der Waals surface area contributed by atoms with E-state index in [9.17, 15) is 17.6 Å². The van der Waals surface area contributed by atoms with Gasteiger partial charge in [0.15, 0.2) is 0 Å². The zero-order chi connectivity index (χ0) is 21.1. The van der Waals surface area contributed by atoms with E-state index in [2.05, 4.69) is 29.1 Å². The van der Waals surface area contributed by atoms with Crippen molar-refractivity contribution in [3.63, 3.8) is 0 Å². The number of alkyl halides is 3. The molecule has 0 atom stereocenters. The Kier molecular flexibility index (Phi) is 6.68. The standard InChI is InChI=1S/C18H15F4N4.H2OS/c1-11-9-14(19)15(10-13(11)12-7-5-4-6-8-12)26-17(25(2)3)23-16(24-26)18(20,21)22;1-2/h5-10H,1-3H3;1-2H. The van der Waals surface area contributed by atoms with Crippen LogP contribution in [0.3, 0.4) is 0 Å². The summed E-state index contributed by atoms with van der Waals surface area (Å²) in [5.41, 5.74) is 2.03. The van der Waals surface area contributed by atoms with Gasteiger partial charge in [0.05, 0.1) is 0 Å². The molecule has 28 heavy (non-hydrogen) atoms. The topological polar surface area (TPSA) is 54.2 Å². The van der Waals surface area contributed by atoms with E-state index in [1.165, 1.54) is 31.1 Å². The third-order valence-corrected chi connectivity index (χ3v) is 3.79. The van der Waals surface area contributed by atoms with Crippen LogP contribution in [0.25, 0.3) is 16.8 Å². The summed E-state index contributed by atoms with van der Waals surface area (Å²) in [5, 5.41) is 3.49. The van der Waals surface area contributed by atoms with Crippen LogP contribution in [0.4, 0.5) is 23.5 Å². The Balaban J connectivity index is 0.00000136. The molecule has 0 saturated heterocycles. The fraction of sp³-hybridized carbons (Fsp3) is 0.222. The highest BCUT2D eigenvalue weighted by Gasteiger charge is 2.38. The van der Waals surface area contributed by atoms with Gasteiger partial charge in [0.1, 0.15) is 11.5 Å². The van der Waals surface area contributed by atoms with E-state index in [4.69, 9.17) is 4.55 Å². The Bertz CT molecular complexity index is 943. The molecule has 0 bridgehead atoms. The number of halogens is 4. The summed E-state index contributed by atoms with van der Waals surface area (Å²) in [7, 11) is 3.03. The number of anilines is 1. The monoisotopic (exact) mass is 413 g/mol. The van der Waals surface area contributed by atoms with E-state index in [1.807, 2.05) is 0 Å². The highest BCUT2D eigenvalue weighted by Crippen LogP contribution is 2.32. The van der Waals surface area contributed by atoms with Crippen LogP contribution in [0.5, 0.6) is 0 Å². The molecule has 0 saturated carbocycles. The molecular formula is C18H17F4N4OS. The number of aromatic nitrogens is 3. The van der Waals surface area contributed by atoms with Gasteiger partial charge in [-0.05, 0) is 54.7 Å². The van der Waals surface area contributed by atoms with Crippen molar-refractivity contribution < 1.29 is 22.1 Å². The largest absolute Gasteiger partial charge is 0.453 e. The molecule has 1 aromatic heterocycles. The summed E-state index contributed by atoms with van der Waals surface area (Å²) in [6.45, 7) is 1.73. The van der Waals surface area contributed by atoms with Crippen LogP contribution in [-0.2, 0) is 6.18 Å². The zero-order valence-electron chi connectivity index (χ0n) is 15.2. The predicted molar refractivity (Wildman–Crippen MR) is 101 cm³/mol. The van der Waals surface area contributed by atoms with Gasteiger partial charge in [0, 0.05) is 14.1 Å². The number of hydrogen-bond donors (Lipinski definition) is 2. The van der Waals surface area contributed by atoms with Crippen molar-refractivity contribution in [2.75, 3.05) is 19.0 Å². The van der Waals surface area contributed by atoms with E-state index in [-0.39, 0.29) is 11.6 Å². The molecule has 0 unspecified atom stereocenters. The molecule has 10 heteroatoms. The molecule has 0 amide bonds. The molecule has 149 valence electrons. The average Bonchev–Trinajstić information content (AvgIpc) is 3.10. The maximum Gasteiger partial charge on any atom is 0.453 e. The lowest BCUT2D eigenvalue weighted by molar-refractivity contribution is -0.144. The van der Waals surface area contributed by atoms with E-state index >= 15 is 0 Å². The number of rotatable bonds is 3. The first-order valence-electron chi connectivity index (χ1n) is 7.87. The average molecular weight is 413 g/mol. The maximum absolute atomic E-state index is 14.6. The Morgan fingerprint density at radius 2 is 1.75 bits per heavy atom. The summed E-state index contributed by atoms with van der Waals surface area (Å²) >= 11 is 2.53. The number of benzene rings is 2. The van der Waals surface area contributed by atoms with E-state index in [0.717, 1.165) is 10.2 Å². The quantitative estimate of drug-likeness (QED) is 0.373. The fourth-order valence-corrected chi connectivity index (χ4v) is 2.58. The molecule has 0 fully saturated rings. The van der Waals surface area contributed by atoms with Gasteiger partial charge in [-0.2, -0.15) is 22.8 Å². The summed E-state index contributed by atoms with van der Waals surface area (Å²) < 4.78 is 61.2. The molecule has 1 radical (unpaired) electrons. The minimum absolute atomic E-state index is 0.106. The van der Waals surface area contributed by atoms with Crippen LogP contribution in [0.2, 0.25) is 0 Å². The lowest BCUT2D eigenvalue weighted by atomic mass is 9.99. The van der Waals surface area contributed by atoms with Gasteiger partial charge in [-0.15, -0.1) is 5.10 Å². The van der Waals surface area contributed by atoms with Gasteiger partial charge in [-0.3, -0.25) is 0 Å². The van der Waals surface area contributed by atoms with Gasteiger partial charge in [0.25, 0.3) is 5.82 Å². The van der Waals surface area contributed by atoms with E-state index < -0.39 is 17.8 Å². The normalized spacial score (nSPS) is 11.0. The van der Waals surface area contributed by atoms with Gasteiger partial charge in [-0.1, -0.05) is 24.3 Å². The van der Waals surface area contributed by atoms with Gasteiger partial charge < -0.3 is 9.45 Å². The van der Waals surface area contributed by atoms with Crippen LogP contribution in [-0.4, -0.2) is 33.4 Å². The summed E-state index contributed by atoms with van der Waals surface area (Å²) in [5.74, 6) is -2.13. The molecule has 3 rings (SSSR count). The first kappa shape index (κ1) is 21.7. The smallest absolute Gasteiger partial charge is 0.347 e. The van der Waals surface area contributed by atoms with Gasteiger partial charge in [0.2, 0.25) is 5.95 Å². The molecule has 5 nitrogen and oxygen atoms in total. The molecule has 0 spiro atoms. The van der Waals surface area contributed by atoms with Crippen LogP contribution in [0.15, 0.2) is 36.4 Å². The maximum atomic E-state index is 14.6. The summed E-state index contributed by atoms with van der Waals surface area (Å²) in [6.07, 6.45) is -4.73. The molecule has 1 heterocycles. The van der Waals surface area contributed by atoms with Crippen molar-refractivity contribution in [3.05, 3.63) is 59.7 Å². The predicted octanol–water partition coefficient (Wildman–Crippen LogP) is 4.66. The highest BCUT2D eigenvalue weighted by molar-refractivity contribution is 7.74. The van der Waals surface area contributed by atoms with Crippen molar-refractivity contribution in [1.29, 1.82) is 0 Å². The minimum Gasteiger partial charge on any atom is -0.347 e. The van der Waals surface area contributed by atoms with Crippen molar-refractivity contribution in [3.8, 4) is 16.8 Å². The molecule has 0 aliphatic heterocycles. The van der Waals surface area contributed by atoms with E-state index in [1.54, 1.807) is 31.2 Å². The SMILES string of the molecule is Cc1cc(F)c(-n2nc(C(F)(F)F)nc2N(C)C)cc1-c1cc[c]cc1.OS. The van der Waals surface area contributed by atoms with Crippen molar-refractivity contribution in [2.45, 2.75) is 13.1 Å². The molecule has 1 N–H and O–H groups in total. The summed E-state index contributed by atoms with van der Waals surface area (Å²) in [4.78, 5) is 4.85. The second-order valence-corrected chi connectivity index (χ2v) is 5.95. The second kappa shape index (κ2) is 8.61. The van der Waals surface area contributed by atoms with Crippen LogP contribution in [0, 0.1) is 18.8 Å². The van der Waals surface area contributed by atoms with Gasteiger partial charge >= 0.3 is 6.18 Å². The Morgan fingerprint density at radius 3 is 2.29 bits per heavy atom. The lowest BCUT2D eigenvalue weighted by Gasteiger charge is -2.15. The minimum atomic E-state index is -4.73. The number of aryl methyl sites for hydroxylation is 1. The zero-order valence-corrected chi connectivity index (χ0v) is 16.1. The van der Waals surface area contributed by atoms with Crippen LogP contribution >= 0.6 is 12.9 Å². The van der Waals surface area contributed by atoms with E-state index in [0.29, 0.717) is 11.1 Å². The third-order valence-electron chi connectivity index (χ3n) is 3.79. The van der Waals surface area contributed by atoms with Crippen LogP contribution < -0.4 is 4.90 Å².